The van der Waals surface area contributed by atoms with Crippen LogP contribution in [-0.2, 0) is 14.3 Å². The van der Waals surface area contributed by atoms with Crippen LogP contribution < -0.4 is 0 Å². The SMILES string of the molecule is CCOC(=O)C(F)(F)C(=O)CSc1cccc(C)c1. The van der Waals surface area contributed by atoms with E-state index in [1.54, 1.807) is 18.2 Å². The lowest BCUT2D eigenvalue weighted by molar-refractivity contribution is -0.175. The molecule has 0 saturated carbocycles. The standard InChI is InChI=1S/C13H14F2O3S/c1-3-18-12(17)13(14,15)11(16)8-19-10-6-4-5-9(2)7-10/h4-7H,3,8H2,1-2H3. The molecule has 6 heteroatoms. The largest absolute Gasteiger partial charge is 0.461 e. The number of carbonyl (C=O) groups excluding carboxylic acids is 2. The van der Waals surface area contributed by atoms with E-state index in [1.165, 1.54) is 6.92 Å². The van der Waals surface area contributed by atoms with E-state index < -0.39 is 23.4 Å². The van der Waals surface area contributed by atoms with Gasteiger partial charge in [0.1, 0.15) is 0 Å². The first-order valence-corrected chi connectivity index (χ1v) is 6.64. The molecule has 0 aliphatic heterocycles. The molecular weight excluding hydrogens is 274 g/mol. The normalized spacial score (nSPS) is 11.2. The Hall–Kier alpha value is -1.43. The van der Waals surface area contributed by atoms with Crippen molar-refractivity contribution in [2.24, 2.45) is 0 Å². The van der Waals surface area contributed by atoms with Crippen LogP contribution in [0.1, 0.15) is 12.5 Å². The van der Waals surface area contributed by atoms with Crippen LogP contribution in [0, 0.1) is 6.92 Å². The molecule has 0 radical (unpaired) electrons. The number of ketones is 1. The Morgan fingerprint density at radius 3 is 2.63 bits per heavy atom. The maximum Gasteiger partial charge on any atom is 0.400 e. The van der Waals surface area contributed by atoms with Gasteiger partial charge in [0.15, 0.2) is 0 Å². The molecule has 0 aliphatic rings. The van der Waals surface area contributed by atoms with Gasteiger partial charge in [0.2, 0.25) is 5.78 Å². The number of Topliss-reactive ketones (excluding diaryl/α,β-unsaturated/α-hetero) is 1. The van der Waals surface area contributed by atoms with Crippen molar-refractivity contribution in [3.05, 3.63) is 29.8 Å². The Labute approximate surface area is 114 Å². The molecule has 0 saturated heterocycles. The van der Waals surface area contributed by atoms with Crippen LogP contribution in [0.5, 0.6) is 0 Å². The molecule has 1 aromatic rings. The van der Waals surface area contributed by atoms with Gasteiger partial charge >= 0.3 is 11.9 Å². The summed E-state index contributed by atoms with van der Waals surface area (Å²) in [7, 11) is 0. The smallest absolute Gasteiger partial charge is 0.400 e. The highest BCUT2D eigenvalue weighted by Gasteiger charge is 2.48. The summed E-state index contributed by atoms with van der Waals surface area (Å²) < 4.78 is 30.9. The zero-order chi connectivity index (χ0) is 14.5. The van der Waals surface area contributed by atoms with Gasteiger partial charge < -0.3 is 4.74 Å². The van der Waals surface area contributed by atoms with Crippen LogP contribution in [0.3, 0.4) is 0 Å². The van der Waals surface area contributed by atoms with E-state index in [-0.39, 0.29) is 6.61 Å². The maximum absolute atomic E-state index is 13.3. The van der Waals surface area contributed by atoms with Crippen LogP contribution in [0.15, 0.2) is 29.2 Å². The first-order chi connectivity index (χ1) is 8.87. The van der Waals surface area contributed by atoms with Crippen molar-refractivity contribution in [3.8, 4) is 0 Å². The second-order valence-electron chi connectivity index (χ2n) is 3.82. The molecule has 0 spiro atoms. The van der Waals surface area contributed by atoms with E-state index in [0.717, 1.165) is 17.3 Å². The second-order valence-corrected chi connectivity index (χ2v) is 4.87. The summed E-state index contributed by atoms with van der Waals surface area (Å²) in [5.74, 6) is -7.79. The summed E-state index contributed by atoms with van der Waals surface area (Å²) in [4.78, 5) is 23.0. The van der Waals surface area contributed by atoms with Crippen LogP contribution in [-0.4, -0.2) is 30.0 Å². The molecule has 0 unspecified atom stereocenters. The Morgan fingerprint density at radius 2 is 2.05 bits per heavy atom. The van der Waals surface area contributed by atoms with Crippen molar-refractivity contribution >= 4 is 23.5 Å². The molecule has 0 N–H and O–H groups in total. The Morgan fingerprint density at radius 1 is 1.37 bits per heavy atom. The summed E-state index contributed by atoms with van der Waals surface area (Å²) >= 11 is 0.968. The van der Waals surface area contributed by atoms with Gasteiger partial charge in [-0.05, 0) is 26.0 Å². The average Bonchev–Trinajstić information content (AvgIpc) is 2.36. The van der Waals surface area contributed by atoms with Crippen LogP contribution in [0.25, 0.3) is 0 Å². The van der Waals surface area contributed by atoms with Gasteiger partial charge in [-0.25, -0.2) is 4.79 Å². The average molecular weight is 288 g/mol. The van der Waals surface area contributed by atoms with Crippen molar-refractivity contribution in [1.29, 1.82) is 0 Å². The summed E-state index contributed by atoms with van der Waals surface area (Å²) in [6.07, 6.45) is 0. The van der Waals surface area contributed by atoms with Gasteiger partial charge in [-0.15, -0.1) is 11.8 Å². The molecule has 19 heavy (non-hydrogen) atoms. The third-order valence-corrected chi connectivity index (χ3v) is 3.24. The van der Waals surface area contributed by atoms with E-state index in [2.05, 4.69) is 4.74 Å². The van der Waals surface area contributed by atoms with Gasteiger partial charge in [0.25, 0.3) is 0 Å². The predicted octanol–water partition coefficient (Wildman–Crippen LogP) is 2.85. The van der Waals surface area contributed by atoms with Crippen molar-refractivity contribution in [2.75, 3.05) is 12.4 Å². The fourth-order valence-electron chi connectivity index (χ4n) is 1.28. The molecule has 0 aliphatic carbocycles. The predicted molar refractivity (Wildman–Crippen MR) is 68.5 cm³/mol. The lowest BCUT2D eigenvalue weighted by Crippen LogP contribution is -2.40. The first-order valence-electron chi connectivity index (χ1n) is 5.65. The number of ether oxygens (including phenoxy) is 1. The number of halogens is 2. The number of benzene rings is 1. The first kappa shape index (κ1) is 15.6. The molecule has 0 amide bonds. The molecule has 3 nitrogen and oxygen atoms in total. The zero-order valence-corrected chi connectivity index (χ0v) is 11.4. The van der Waals surface area contributed by atoms with Gasteiger partial charge in [-0.1, -0.05) is 17.7 Å². The minimum Gasteiger partial charge on any atom is -0.461 e. The molecule has 0 bridgehead atoms. The molecule has 0 heterocycles. The number of esters is 1. The van der Waals surface area contributed by atoms with Crippen molar-refractivity contribution in [3.63, 3.8) is 0 Å². The van der Waals surface area contributed by atoms with Gasteiger partial charge in [-0.3, -0.25) is 4.79 Å². The summed E-state index contributed by atoms with van der Waals surface area (Å²) in [6.45, 7) is 3.08. The second kappa shape index (κ2) is 6.65. The fraction of sp³-hybridized carbons (Fsp3) is 0.385. The third-order valence-electron chi connectivity index (χ3n) is 2.24. The molecule has 1 rings (SSSR count). The quantitative estimate of drug-likeness (QED) is 0.458. The highest BCUT2D eigenvalue weighted by atomic mass is 32.2. The monoisotopic (exact) mass is 288 g/mol. The van der Waals surface area contributed by atoms with Crippen LogP contribution in [0.2, 0.25) is 0 Å². The number of aryl methyl sites for hydroxylation is 1. The number of hydrogen-bond donors (Lipinski definition) is 0. The minimum atomic E-state index is -4.08. The number of alkyl halides is 2. The Bertz CT molecular complexity index is 475. The zero-order valence-electron chi connectivity index (χ0n) is 10.6. The molecule has 0 fully saturated rings. The molecular formula is C13H14F2O3S. The molecule has 0 aromatic heterocycles. The third kappa shape index (κ3) is 4.31. The minimum absolute atomic E-state index is 0.188. The number of thioether (sulfide) groups is 1. The van der Waals surface area contributed by atoms with E-state index in [0.29, 0.717) is 4.90 Å². The lowest BCUT2D eigenvalue weighted by atomic mass is 10.2. The summed E-state index contributed by atoms with van der Waals surface area (Å²) in [5.41, 5.74) is 0.967. The van der Waals surface area contributed by atoms with Crippen molar-refractivity contribution in [1.82, 2.24) is 0 Å². The summed E-state index contributed by atoms with van der Waals surface area (Å²) in [6, 6.07) is 7.12. The Balaban J connectivity index is 2.62. The van der Waals surface area contributed by atoms with Gasteiger partial charge in [0.05, 0.1) is 12.4 Å². The van der Waals surface area contributed by atoms with Gasteiger partial charge in [-0.2, -0.15) is 8.78 Å². The lowest BCUT2D eigenvalue weighted by Gasteiger charge is -2.13. The van der Waals surface area contributed by atoms with Crippen LogP contribution >= 0.6 is 11.8 Å². The summed E-state index contributed by atoms with van der Waals surface area (Å²) in [5, 5.41) is 0. The van der Waals surface area contributed by atoms with E-state index >= 15 is 0 Å². The van der Waals surface area contributed by atoms with E-state index in [4.69, 9.17) is 0 Å². The number of hydrogen-bond acceptors (Lipinski definition) is 4. The molecule has 104 valence electrons. The van der Waals surface area contributed by atoms with Gasteiger partial charge in [0, 0.05) is 4.90 Å². The van der Waals surface area contributed by atoms with Crippen molar-refractivity contribution in [2.45, 2.75) is 24.7 Å². The number of rotatable bonds is 6. The maximum atomic E-state index is 13.3. The number of carbonyl (C=O) groups is 2. The fourth-order valence-corrected chi connectivity index (χ4v) is 2.20. The highest BCUT2D eigenvalue weighted by Crippen LogP contribution is 2.24. The topological polar surface area (TPSA) is 43.4 Å². The van der Waals surface area contributed by atoms with Crippen molar-refractivity contribution < 1.29 is 23.1 Å². The molecule has 1 aromatic carbocycles. The van der Waals surface area contributed by atoms with Crippen LogP contribution in [0.4, 0.5) is 8.78 Å². The Kier molecular flexibility index (Phi) is 5.47. The highest BCUT2D eigenvalue weighted by molar-refractivity contribution is 8.00. The van der Waals surface area contributed by atoms with E-state index in [1.807, 2.05) is 13.0 Å². The van der Waals surface area contributed by atoms with E-state index in [9.17, 15) is 18.4 Å². The molecule has 0 atom stereocenters.